The van der Waals surface area contributed by atoms with Gasteiger partial charge >= 0.3 is 0 Å². The third-order valence-electron chi connectivity index (χ3n) is 4.36. The summed E-state index contributed by atoms with van der Waals surface area (Å²) in [4.78, 5) is 0. The Labute approximate surface area is 117 Å². The minimum absolute atomic E-state index is 0.405. The van der Waals surface area contributed by atoms with Crippen LogP contribution in [0.3, 0.4) is 0 Å². The molecule has 1 heterocycles. The van der Waals surface area contributed by atoms with Gasteiger partial charge in [0.15, 0.2) is 0 Å². The minimum Gasteiger partial charge on any atom is -0.378 e. The van der Waals surface area contributed by atoms with Crippen LogP contribution in [-0.4, -0.2) is 19.8 Å². The highest BCUT2D eigenvalue weighted by molar-refractivity contribution is 5.27. The lowest BCUT2D eigenvalue weighted by atomic mass is 9.86. The van der Waals surface area contributed by atoms with E-state index in [1.165, 1.54) is 11.1 Å². The first-order valence-corrected chi connectivity index (χ1v) is 7.56. The minimum atomic E-state index is 0.405. The SMILES string of the molecule is CCC1OCCC1C(NC)c1ccc(C(C)C)cc1. The Kier molecular flexibility index (Phi) is 5.00. The van der Waals surface area contributed by atoms with E-state index in [4.69, 9.17) is 4.74 Å². The molecule has 0 amide bonds. The second-order valence-electron chi connectivity index (χ2n) is 5.86. The van der Waals surface area contributed by atoms with Crippen LogP contribution in [0.1, 0.15) is 56.7 Å². The molecule has 1 aromatic carbocycles. The zero-order valence-electron chi connectivity index (χ0n) is 12.6. The standard InChI is InChI=1S/C17H27NO/c1-5-16-15(10-11-19-16)17(18-4)14-8-6-13(7-9-14)12(2)3/h6-9,12,15-18H,5,10-11H2,1-4H3. The predicted molar refractivity (Wildman–Crippen MR) is 80.5 cm³/mol. The van der Waals surface area contributed by atoms with Crippen molar-refractivity contribution in [3.63, 3.8) is 0 Å². The van der Waals surface area contributed by atoms with Crippen LogP contribution in [0.2, 0.25) is 0 Å². The van der Waals surface area contributed by atoms with Crippen molar-refractivity contribution >= 4 is 0 Å². The molecular formula is C17H27NO. The van der Waals surface area contributed by atoms with Gasteiger partial charge < -0.3 is 10.1 Å². The Bertz CT molecular complexity index is 385. The van der Waals surface area contributed by atoms with Crippen molar-refractivity contribution in [2.24, 2.45) is 5.92 Å². The predicted octanol–water partition coefficient (Wildman–Crippen LogP) is 3.89. The van der Waals surface area contributed by atoms with Crippen molar-refractivity contribution in [1.29, 1.82) is 0 Å². The molecule has 3 atom stereocenters. The fourth-order valence-electron chi connectivity index (χ4n) is 3.18. The second kappa shape index (κ2) is 6.53. The Morgan fingerprint density at radius 1 is 1.21 bits per heavy atom. The summed E-state index contributed by atoms with van der Waals surface area (Å²) in [5.41, 5.74) is 2.80. The van der Waals surface area contributed by atoms with Gasteiger partial charge in [0.2, 0.25) is 0 Å². The first-order valence-electron chi connectivity index (χ1n) is 7.56. The number of nitrogens with one attached hydrogen (secondary N) is 1. The molecule has 0 spiro atoms. The Morgan fingerprint density at radius 3 is 2.37 bits per heavy atom. The van der Waals surface area contributed by atoms with E-state index >= 15 is 0 Å². The van der Waals surface area contributed by atoms with Crippen LogP contribution in [0.25, 0.3) is 0 Å². The maximum atomic E-state index is 5.84. The van der Waals surface area contributed by atoms with Gasteiger partial charge in [-0.1, -0.05) is 45.0 Å². The summed E-state index contributed by atoms with van der Waals surface area (Å²) in [5, 5.41) is 3.49. The first-order chi connectivity index (χ1) is 9.17. The van der Waals surface area contributed by atoms with E-state index < -0.39 is 0 Å². The molecule has 2 rings (SSSR count). The van der Waals surface area contributed by atoms with Crippen molar-refractivity contribution in [2.75, 3.05) is 13.7 Å². The molecule has 0 saturated carbocycles. The molecule has 2 nitrogen and oxygen atoms in total. The molecule has 0 aliphatic carbocycles. The summed E-state index contributed by atoms with van der Waals surface area (Å²) in [6, 6.07) is 9.50. The molecule has 1 aliphatic rings. The van der Waals surface area contributed by atoms with E-state index in [9.17, 15) is 0 Å². The number of benzene rings is 1. The summed E-state index contributed by atoms with van der Waals surface area (Å²) in [5.74, 6) is 1.19. The lowest BCUT2D eigenvalue weighted by Crippen LogP contribution is -2.30. The lowest BCUT2D eigenvalue weighted by Gasteiger charge is -2.27. The molecule has 0 radical (unpaired) electrons. The number of rotatable bonds is 5. The third-order valence-corrected chi connectivity index (χ3v) is 4.36. The van der Waals surface area contributed by atoms with Crippen molar-refractivity contribution in [3.8, 4) is 0 Å². The van der Waals surface area contributed by atoms with Crippen molar-refractivity contribution in [1.82, 2.24) is 5.32 Å². The Morgan fingerprint density at radius 2 is 1.84 bits per heavy atom. The number of hydrogen-bond donors (Lipinski definition) is 1. The van der Waals surface area contributed by atoms with E-state index in [1.807, 2.05) is 0 Å². The summed E-state index contributed by atoms with van der Waals surface area (Å²) >= 11 is 0. The second-order valence-corrected chi connectivity index (χ2v) is 5.86. The van der Waals surface area contributed by atoms with Gasteiger partial charge in [-0.2, -0.15) is 0 Å². The molecule has 1 aliphatic heterocycles. The van der Waals surface area contributed by atoms with E-state index in [-0.39, 0.29) is 0 Å². The van der Waals surface area contributed by atoms with Crippen LogP contribution in [0, 0.1) is 5.92 Å². The summed E-state index contributed by atoms with van der Waals surface area (Å²) in [6.45, 7) is 7.61. The molecular weight excluding hydrogens is 234 g/mol. The molecule has 19 heavy (non-hydrogen) atoms. The zero-order valence-corrected chi connectivity index (χ0v) is 12.6. The van der Waals surface area contributed by atoms with Crippen LogP contribution < -0.4 is 5.32 Å². The van der Waals surface area contributed by atoms with Crippen LogP contribution in [0.4, 0.5) is 0 Å². The van der Waals surface area contributed by atoms with Crippen molar-refractivity contribution in [2.45, 2.75) is 51.7 Å². The van der Waals surface area contributed by atoms with Gasteiger partial charge in [0.1, 0.15) is 0 Å². The quantitative estimate of drug-likeness (QED) is 0.868. The summed E-state index contributed by atoms with van der Waals surface area (Å²) in [7, 11) is 2.06. The van der Waals surface area contributed by atoms with Crippen LogP contribution in [0.5, 0.6) is 0 Å². The van der Waals surface area contributed by atoms with Crippen molar-refractivity contribution < 1.29 is 4.74 Å². The summed E-state index contributed by atoms with van der Waals surface area (Å²) in [6.07, 6.45) is 2.67. The highest BCUT2D eigenvalue weighted by Gasteiger charge is 2.33. The molecule has 1 N–H and O–H groups in total. The van der Waals surface area contributed by atoms with E-state index in [1.54, 1.807) is 0 Å². The Hall–Kier alpha value is -0.860. The largest absolute Gasteiger partial charge is 0.378 e. The molecule has 3 unspecified atom stereocenters. The molecule has 1 saturated heterocycles. The maximum Gasteiger partial charge on any atom is 0.0619 e. The van der Waals surface area contributed by atoms with E-state index in [0.29, 0.717) is 24.0 Å². The van der Waals surface area contributed by atoms with E-state index in [0.717, 1.165) is 19.4 Å². The molecule has 0 aromatic heterocycles. The smallest absolute Gasteiger partial charge is 0.0619 e. The van der Waals surface area contributed by atoms with E-state index in [2.05, 4.69) is 57.4 Å². The van der Waals surface area contributed by atoms with Gasteiger partial charge in [0.25, 0.3) is 0 Å². The van der Waals surface area contributed by atoms with Crippen LogP contribution in [-0.2, 0) is 4.74 Å². The van der Waals surface area contributed by atoms with Gasteiger partial charge in [0.05, 0.1) is 6.10 Å². The maximum absolute atomic E-state index is 5.84. The van der Waals surface area contributed by atoms with Gasteiger partial charge in [0, 0.05) is 18.6 Å². The first kappa shape index (κ1) is 14.5. The average Bonchev–Trinajstić information content (AvgIpc) is 2.88. The molecule has 0 bridgehead atoms. The molecule has 2 heteroatoms. The molecule has 1 aromatic rings. The van der Waals surface area contributed by atoms with Gasteiger partial charge in [-0.25, -0.2) is 0 Å². The molecule has 1 fully saturated rings. The zero-order chi connectivity index (χ0) is 13.8. The normalized spacial score (nSPS) is 24.9. The fraction of sp³-hybridized carbons (Fsp3) is 0.647. The highest BCUT2D eigenvalue weighted by Crippen LogP contribution is 2.35. The molecule has 106 valence electrons. The van der Waals surface area contributed by atoms with Crippen LogP contribution >= 0.6 is 0 Å². The highest BCUT2D eigenvalue weighted by atomic mass is 16.5. The van der Waals surface area contributed by atoms with Gasteiger partial charge in [-0.3, -0.25) is 0 Å². The monoisotopic (exact) mass is 261 g/mol. The van der Waals surface area contributed by atoms with Gasteiger partial charge in [-0.15, -0.1) is 0 Å². The number of ether oxygens (including phenoxy) is 1. The van der Waals surface area contributed by atoms with Gasteiger partial charge in [-0.05, 0) is 36.9 Å². The average molecular weight is 261 g/mol. The topological polar surface area (TPSA) is 21.3 Å². The van der Waals surface area contributed by atoms with Crippen LogP contribution in [0.15, 0.2) is 24.3 Å². The van der Waals surface area contributed by atoms with Crippen molar-refractivity contribution in [3.05, 3.63) is 35.4 Å². The number of hydrogen-bond acceptors (Lipinski definition) is 2. The third kappa shape index (κ3) is 3.18. The summed E-state index contributed by atoms with van der Waals surface area (Å²) < 4.78 is 5.84. The Balaban J connectivity index is 2.17. The fourth-order valence-corrected chi connectivity index (χ4v) is 3.18. The lowest BCUT2D eigenvalue weighted by molar-refractivity contribution is 0.0782.